The standard InChI is InChI=1S/C9H16O5S/c1-7(2)9(10)13-4-3-8-5-14-15(11,12)6-8/h5,7,11-12H,3-4,6H2,1-2H3. The number of rotatable bonds is 4. The average Bonchev–Trinajstić information content (AvgIpc) is 2.45. The van der Waals surface area contributed by atoms with E-state index in [2.05, 4.69) is 4.18 Å². The molecule has 0 radical (unpaired) electrons. The minimum absolute atomic E-state index is 0.117. The Labute approximate surface area is 90.6 Å². The second-order valence-electron chi connectivity index (χ2n) is 3.70. The van der Waals surface area contributed by atoms with Crippen molar-refractivity contribution in [2.75, 3.05) is 12.4 Å². The number of hydrogen-bond donors (Lipinski definition) is 2. The third-order valence-electron chi connectivity index (χ3n) is 1.88. The first-order chi connectivity index (χ1) is 6.91. The van der Waals surface area contributed by atoms with E-state index in [-0.39, 0.29) is 24.2 Å². The van der Waals surface area contributed by atoms with Crippen LogP contribution in [0.25, 0.3) is 0 Å². The second-order valence-corrected chi connectivity index (χ2v) is 5.39. The van der Waals surface area contributed by atoms with E-state index in [4.69, 9.17) is 13.8 Å². The van der Waals surface area contributed by atoms with Gasteiger partial charge in [-0.05, 0) is 5.57 Å². The molecule has 0 saturated carbocycles. The molecule has 0 saturated heterocycles. The van der Waals surface area contributed by atoms with Crippen LogP contribution in [-0.2, 0) is 13.7 Å². The van der Waals surface area contributed by atoms with Gasteiger partial charge in [0, 0.05) is 6.42 Å². The molecule has 0 aromatic carbocycles. The van der Waals surface area contributed by atoms with Crippen LogP contribution >= 0.6 is 10.9 Å². The van der Waals surface area contributed by atoms with Gasteiger partial charge in [0.15, 0.2) is 0 Å². The van der Waals surface area contributed by atoms with Crippen LogP contribution in [-0.4, -0.2) is 27.4 Å². The quantitative estimate of drug-likeness (QED) is 0.731. The molecule has 0 spiro atoms. The van der Waals surface area contributed by atoms with Gasteiger partial charge in [-0.2, -0.15) is 0 Å². The lowest BCUT2D eigenvalue weighted by Crippen LogP contribution is -2.13. The van der Waals surface area contributed by atoms with E-state index in [0.29, 0.717) is 6.42 Å². The Morgan fingerprint density at radius 1 is 1.67 bits per heavy atom. The molecule has 0 aliphatic carbocycles. The highest BCUT2D eigenvalue weighted by atomic mass is 32.3. The minimum Gasteiger partial charge on any atom is -0.465 e. The van der Waals surface area contributed by atoms with E-state index in [1.54, 1.807) is 13.8 Å². The van der Waals surface area contributed by atoms with Crippen LogP contribution in [0.4, 0.5) is 0 Å². The first-order valence-corrected chi connectivity index (χ1v) is 6.33. The molecule has 0 amide bonds. The third kappa shape index (κ3) is 4.11. The summed E-state index contributed by atoms with van der Waals surface area (Å²) in [4.78, 5) is 11.1. The topological polar surface area (TPSA) is 76.0 Å². The number of hydrogen-bond acceptors (Lipinski definition) is 5. The molecule has 0 aromatic rings. The Morgan fingerprint density at radius 3 is 2.80 bits per heavy atom. The van der Waals surface area contributed by atoms with Gasteiger partial charge in [-0.15, -0.1) is 0 Å². The van der Waals surface area contributed by atoms with Crippen molar-refractivity contribution in [2.45, 2.75) is 20.3 Å². The number of ether oxygens (including phenoxy) is 1. The molecule has 2 N–H and O–H groups in total. The van der Waals surface area contributed by atoms with Crippen molar-refractivity contribution in [1.29, 1.82) is 0 Å². The van der Waals surface area contributed by atoms with Gasteiger partial charge in [-0.1, -0.05) is 13.8 Å². The van der Waals surface area contributed by atoms with Gasteiger partial charge in [-0.25, -0.2) is 0 Å². The van der Waals surface area contributed by atoms with Crippen molar-refractivity contribution in [3.63, 3.8) is 0 Å². The Hall–Kier alpha value is -0.720. The van der Waals surface area contributed by atoms with Crippen LogP contribution in [0.15, 0.2) is 11.8 Å². The summed E-state index contributed by atoms with van der Waals surface area (Å²) in [6.07, 6.45) is 1.81. The summed E-state index contributed by atoms with van der Waals surface area (Å²) in [5.41, 5.74) is 0.756. The fourth-order valence-electron chi connectivity index (χ4n) is 1.04. The largest absolute Gasteiger partial charge is 0.465 e. The molecule has 88 valence electrons. The molecular formula is C9H16O5S. The van der Waals surface area contributed by atoms with Crippen LogP contribution in [0, 0.1) is 5.92 Å². The maximum absolute atomic E-state index is 11.1. The summed E-state index contributed by atoms with van der Waals surface area (Å²) in [6, 6.07) is 0. The zero-order valence-corrected chi connectivity index (χ0v) is 9.62. The van der Waals surface area contributed by atoms with E-state index >= 15 is 0 Å². The van der Waals surface area contributed by atoms with E-state index in [1.807, 2.05) is 0 Å². The summed E-state index contributed by atoms with van der Waals surface area (Å²) in [5.74, 6) is -0.271. The summed E-state index contributed by atoms with van der Waals surface area (Å²) in [6.45, 7) is 3.77. The van der Waals surface area contributed by atoms with Crippen LogP contribution in [0.5, 0.6) is 0 Å². The first-order valence-electron chi connectivity index (χ1n) is 4.69. The monoisotopic (exact) mass is 236 g/mol. The SMILES string of the molecule is CC(C)C(=O)OCCC1=COS(O)(O)C1. The van der Waals surface area contributed by atoms with Gasteiger partial charge >= 0.3 is 5.97 Å². The molecule has 15 heavy (non-hydrogen) atoms. The maximum atomic E-state index is 11.1. The highest BCUT2D eigenvalue weighted by Gasteiger charge is 2.26. The Bertz CT molecular complexity index is 272. The van der Waals surface area contributed by atoms with Gasteiger partial charge in [0.2, 0.25) is 0 Å². The molecule has 1 heterocycles. The van der Waals surface area contributed by atoms with Crippen LogP contribution in [0.3, 0.4) is 0 Å². The molecule has 0 bridgehead atoms. The van der Waals surface area contributed by atoms with Gasteiger partial charge in [0.05, 0.1) is 18.3 Å². The molecule has 0 unspecified atom stereocenters. The first kappa shape index (κ1) is 12.4. The zero-order chi connectivity index (χ0) is 11.5. The lowest BCUT2D eigenvalue weighted by molar-refractivity contribution is -0.147. The predicted octanol–water partition coefficient (Wildman–Crippen LogP) is 2.16. The number of esters is 1. The highest BCUT2D eigenvalue weighted by Crippen LogP contribution is 2.47. The van der Waals surface area contributed by atoms with Crippen molar-refractivity contribution in [3.05, 3.63) is 11.8 Å². The molecule has 1 aliphatic rings. The van der Waals surface area contributed by atoms with Crippen LogP contribution in [0.1, 0.15) is 20.3 Å². The fraction of sp³-hybridized carbons (Fsp3) is 0.667. The summed E-state index contributed by atoms with van der Waals surface area (Å²) >= 11 is 0. The maximum Gasteiger partial charge on any atom is 0.308 e. The Kier molecular flexibility index (Phi) is 4.01. The van der Waals surface area contributed by atoms with Crippen LogP contribution in [0.2, 0.25) is 0 Å². The Morgan fingerprint density at radius 2 is 2.33 bits per heavy atom. The average molecular weight is 236 g/mol. The lowest BCUT2D eigenvalue weighted by atomic mass is 10.2. The van der Waals surface area contributed by atoms with Crippen LogP contribution < -0.4 is 0 Å². The van der Waals surface area contributed by atoms with Crippen molar-refractivity contribution in [3.8, 4) is 0 Å². The smallest absolute Gasteiger partial charge is 0.308 e. The van der Waals surface area contributed by atoms with Gasteiger partial charge in [-0.3, -0.25) is 13.9 Å². The van der Waals surface area contributed by atoms with E-state index in [9.17, 15) is 4.79 Å². The van der Waals surface area contributed by atoms with E-state index in [0.717, 1.165) is 5.57 Å². The van der Waals surface area contributed by atoms with E-state index < -0.39 is 10.9 Å². The normalized spacial score (nSPS) is 20.7. The highest BCUT2D eigenvalue weighted by molar-refractivity contribution is 8.20. The third-order valence-corrected chi connectivity index (χ3v) is 3.03. The van der Waals surface area contributed by atoms with Gasteiger partial charge in [0.25, 0.3) is 0 Å². The second kappa shape index (κ2) is 4.87. The van der Waals surface area contributed by atoms with Crippen molar-refractivity contribution >= 4 is 16.8 Å². The molecule has 6 heteroatoms. The molecule has 0 atom stereocenters. The molecule has 1 rings (SSSR count). The fourth-order valence-corrected chi connectivity index (χ4v) is 2.09. The predicted molar refractivity (Wildman–Crippen MR) is 57.3 cm³/mol. The number of carbonyl (C=O) groups excluding carboxylic acids is 1. The summed E-state index contributed by atoms with van der Waals surface area (Å²) in [5, 5.41) is 0. The molecular weight excluding hydrogens is 220 g/mol. The molecule has 1 aliphatic heterocycles. The summed E-state index contributed by atoms with van der Waals surface area (Å²) in [7, 11) is -2.90. The van der Waals surface area contributed by atoms with Crippen molar-refractivity contribution < 1.29 is 22.8 Å². The minimum atomic E-state index is -2.90. The zero-order valence-electron chi connectivity index (χ0n) is 8.80. The molecule has 5 nitrogen and oxygen atoms in total. The Balaban J connectivity index is 2.20. The van der Waals surface area contributed by atoms with E-state index in [1.165, 1.54) is 6.26 Å². The van der Waals surface area contributed by atoms with Gasteiger partial charge in [0.1, 0.15) is 17.1 Å². The lowest BCUT2D eigenvalue weighted by Gasteiger charge is -2.18. The molecule has 0 fully saturated rings. The van der Waals surface area contributed by atoms with Gasteiger partial charge < -0.3 is 8.92 Å². The molecule has 0 aromatic heterocycles. The van der Waals surface area contributed by atoms with Crippen molar-refractivity contribution in [2.24, 2.45) is 5.92 Å². The number of carbonyl (C=O) groups is 1. The van der Waals surface area contributed by atoms with Crippen molar-refractivity contribution in [1.82, 2.24) is 0 Å². The summed E-state index contributed by atoms with van der Waals surface area (Å²) < 4.78 is 27.8.